The van der Waals surface area contributed by atoms with Crippen molar-refractivity contribution in [3.8, 4) is 0 Å². The molecule has 114 valence electrons. The van der Waals surface area contributed by atoms with Crippen molar-refractivity contribution < 1.29 is 19.4 Å². The second-order valence-corrected chi connectivity index (χ2v) is 6.15. The fourth-order valence-corrected chi connectivity index (χ4v) is 2.99. The topological polar surface area (TPSA) is 87.7 Å². The fraction of sp³-hybridized carbons (Fsp3) is 0.429. The van der Waals surface area contributed by atoms with E-state index in [0.717, 1.165) is 22.8 Å². The van der Waals surface area contributed by atoms with E-state index in [2.05, 4.69) is 10.6 Å². The smallest absolute Gasteiger partial charge is 0.337 e. The Labute approximate surface area is 136 Å². The number of carboxylic acid groups (broad SMARTS) is 1. The Morgan fingerprint density at radius 2 is 2.14 bits per heavy atom. The van der Waals surface area contributed by atoms with Gasteiger partial charge in [-0.25, -0.2) is 9.59 Å². The molecule has 1 fully saturated rings. The number of rotatable bonds is 4. The summed E-state index contributed by atoms with van der Waals surface area (Å²) in [6.07, 6.45) is 2.81. The molecule has 0 spiro atoms. The van der Waals surface area contributed by atoms with Crippen molar-refractivity contribution in [3.63, 3.8) is 0 Å². The van der Waals surface area contributed by atoms with E-state index in [1.165, 1.54) is 6.07 Å². The number of methoxy groups -OCH3 is 1. The number of halogens is 1. The zero-order valence-electron chi connectivity index (χ0n) is 11.6. The first kappa shape index (κ1) is 16.0. The van der Waals surface area contributed by atoms with Crippen LogP contribution in [0.25, 0.3) is 0 Å². The largest absolute Gasteiger partial charge is 0.478 e. The van der Waals surface area contributed by atoms with Gasteiger partial charge in [-0.3, -0.25) is 0 Å². The molecule has 0 aromatic heterocycles. The van der Waals surface area contributed by atoms with E-state index in [0.29, 0.717) is 0 Å². The number of anilines is 1. The molecule has 3 N–H and O–H groups in total. The Hall–Kier alpha value is -1.35. The first-order valence-electron chi connectivity index (χ1n) is 6.64. The van der Waals surface area contributed by atoms with E-state index in [-0.39, 0.29) is 23.4 Å². The van der Waals surface area contributed by atoms with E-state index in [1.54, 1.807) is 19.2 Å². The highest BCUT2D eigenvalue weighted by Crippen LogP contribution is 2.22. The molecule has 0 heterocycles. The molecule has 1 aliphatic rings. The number of carbonyl (C=O) groups excluding carboxylic acids is 1. The molecule has 6 nitrogen and oxygen atoms in total. The monoisotopic (exact) mass is 404 g/mol. The molecular weight excluding hydrogens is 387 g/mol. The van der Waals surface area contributed by atoms with Crippen molar-refractivity contribution in [1.82, 2.24) is 5.32 Å². The summed E-state index contributed by atoms with van der Waals surface area (Å²) in [4.78, 5) is 23.2. The number of carbonyl (C=O) groups is 2. The van der Waals surface area contributed by atoms with Crippen LogP contribution in [0.3, 0.4) is 0 Å². The van der Waals surface area contributed by atoms with Crippen molar-refractivity contribution in [2.75, 3.05) is 12.4 Å². The molecular formula is C14H17IN2O4. The van der Waals surface area contributed by atoms with Crippen LogP contribution < -0.4 is 10.6 Å². The number of carboxylic acids is 1. The van der Waals surface area contributed by atoms with Crippen LogP contribution in [-0.4, -0.2) is 36.4 Å². The first-order chi connectivity index (χ1) is 10.0. The van der Waals surface area contributed by atoms with Crippen molar-refractivity contribution in [1.29, 1.82) is 0 Å². The second-order valence-electron chi connectivity index (χ2n) is 4.91. The van der Waals surface area contributed by atoms with Crippen LogP contribution in [0.4, 0.5) is 10.5 Å². The van der Waals surface area contributed by atoms with E-state index in [9.17, 15) is 14.7 Å². The lowest BCUT2D eigenvalue weighted by Crippen LogP contribution is -2.43. The van der Waals surface area contributed by atoms with Gasteiger partial charge in [0, 0.05) is 10.7 Å². The maximum Gasteiger partial charge on any atom is 0.337 e. The summed E-state index contributed by atoms with van der Waals surface area (Å²) >= 11 is 2.03. The molecule has 1 aromatic carbocycles. The molecule has 2 atom stereocenters. The normalized spacial score (nSPS) is 21.0. The minimum Gasteiger partial charge on any atom is -0.478 e. The molecule has 2 rings (SSSR count). The molecule has 7 heteroatoms. The molecule has 21 heavy (non-hydrogen) atoms. The zero-order chi connectivity index (χ0) is 15.4. The van der Waals surface area contributed by atoms with Crippen LogP contribution in [-0.2, 0) is 4.74 Å². The maximum atomic E-state index is 12.0. The van der Waals surface area contributed by atoms with Gasteiger partial charge in [0.1, 0.15) is 0 Å². The summed E-state index contributed by atoms with van der Waals surface area (Å²) < 4.78 is 6.11. The summed E-state index contributed by atoms with van der Waals surface area (Å²) in [5, 5.41) is 14.6. The molecule has 0 aliphatic heterocycles. The molecule has 1 aliphatic carbocycles. The quantitative estimate of drug-likeness (QED) is 0.674. The summed E-state index contributed by atoms with van der Waals surface area (Å²) in [5.41, 5.74) is 0.360. The molecule has 2 amide bonds. The summed E-state index contributed by atoms with van der Waals surface area (Å²) in [6.45, 7) is 0. The van der Waals surface area contributed by atoms with Gasteiger partial charge in [0.05, 0.1) is 23.4 Å². The predicted octanol–water partition coefficient (Wildman–Crippen LogP) is 2.68. The van der Waals surface area contributed by atoms with Crippen molar-refractivity contribution >= 4 is 40.3 Å². The van der Waals surface area contributed by atoms with Gasteiger partial charge in [-0.15, -0.1) is 0 Å². The van der Waals surface area contributed by atoms with Gasteiger partial charge >= 0.3 is 12.0 Å². The van der Waals surface area contributed by atoms with Crippen molar-refractivity contribution in [2.24, 2.45) is 0 Å². The number of aromatic carboxylic acids is 1. The van der Waals surface area contributed by atoms with Gasteiger partial charge in [0.15, 0.2) is 0 Å². The van der Waals surface area contributed by atoms with E-state index in [1.807, 2.05) is 22.6 Å². The Kier molecular flexibility index (Phi) is 5.40. The van der Waals surface area contributed by atoms with Crippen LogP contribution in [0, 0.1) is 3.57 Å². The third-order valence-corrected chi connectivity index (χ3v) is 4.20. The van der Waals surface area contributed by atoms with Crippen molar-refractivity contribution in [3.05, 3.63) is 27.3 Å². The Balaban J connectivity index is 2.04. The van der Waals surface area contributed by atoms with Crippen LogP contribution in [0.2, 0.25) is 0 Å². The number of nitrogens with one attached hydrogen (secondary N) is 2. The number of benzene rings is 1. The van der Waals surface area contributed by atoms with Crippen LogP contribution in [0.5, 0.6) is 0 Å². The molecule has 1 aromatic rings. The van der Waals surface area contributed by atoms with Gasteiger partial charge in [-0.1, -0.05) is 0 Å². The minimum absolute atomic E-state index is 0.0198. The van der Waals surface area contributed by atoms with Gasteiger partial charge in [-0.2, -0.15) is 0 Å². The highest BCUT2D eigenvalue weighted by atomic mass is 127. The van der Waals surface area contributed by atoms with Gasteiger partial charge in [-0.05, 0) is 60.1 Å². The average molecular weight is 404 g/mol. The highest BCUT2D eigenvalue weighted by Gasteiger charge is 2.28. The summed E-state index contributed by atoms with van der Waals surface area (Å²) in [7, 11) is 1.63. The lowest BCUT2D eigenvalue weighted by Gasteiger charge is -2.20. The molecule has 2 unspecified atom stereocenters. The molecule has 0 radical (unpaired) electrons. The van der Waals surface area contributed by atoms with Gasteiger partial charge in [0.2, 0.25) is 0 Å². The molecule has 1 saturated carbocycles. The van der Waals surface area contributed by atoms with Crippen LogP contribution in [0.1, 0.15) is 29.6 Å². The highest BCUT2D eigenvalue weighted by molar-refractivity contribution is 14.1. The first-order valence-corrected chi connectivity index (χ1v) is 7.72. The lowest BCUT2D eigenvalue weighted by molar-refractivity contribution is 0.0698. The number of urea groups is 1. The van der Waals surface area contributed by atoms with Crippen LogP contribution in [0.15, 0.2) is 18.2 Å². The molecule has 0 saturated heterocycles. The average Bonchev–Trinajstić information content (AvgIpc) is 2.87. The summed E-state index contributed by atoms with van der Waals surface area (Å²) in [5.74, 6) is -1.07. The predicted molar refractivity (Wildman–Crippen MR) is 86.7 cm³/mol. The van der Waals surface area contributed by atoms with Gasteiger partial charge in [0.25, 0.3) is 0 Å². The van der Waals surface area contributed by atoms with Crippen molar-refractivity contribution in [2.45, 2.75) is 31.4 Å². The fourth-order valence-electron chi connectivity index (χ4n) is 2.50. The lowest BCUT2D eigenvalue weighted by atomic mass is 10.2. The Bertz CT molecular complexity index is 550. The number of amides is 2. The number of ether oxygens (including phenoxy) is 1. The standard InChI is InChI=1S/C14H17IN2O4/c1-21-12-4-2-3-11(12)17-14(20)16-10-6-5-8(15)7-9(10)13(18)19/h5-7,11-12H,2-4H2,1H3,(H,18,19)(H2,16,17,20). The van der Waals surface area contributed by atoms with E-state index < -0.39 is 12.0 Å². The third-order valence-electron chi connectivity index (χ3n) is 3.53. The SMILES string of the molecule is COC1CCCC1NC(=O)Nc1ccc(I)cc1C(=O)O. The second kappa shape index (κ2) is 7.08. The van der Waals surface area contributed by atoms with E-state index in [4.69, 9.17) is 4.74 Å². The Morgan fingerprint density at radius 3 is 2.81 bits per heavy atom. The number of hydrogen-bond acceptors (Lipinski definition) is 3. The zero-order valence-corrected chi connectivity index (χ0v) is 13.7. The Morgan fingerprint density at radius 1 is 1.38 bits per heavy atom. The maximum absolute atomic E-state index is 12.0. The van der Waals surface area contributed by atoms with Gasteiger partial charge < -0.3 is 20.5 Å². The third kappa shape index (κ3) is 4.07. The van der Waals surface area contributed by atoms with Crippen LogP contribution >= 0.6 is 22.6 Å². The van der Waals surface area contributed by atoms with E-state index >= 15 is 0 Å². The summed E-state index contributed by atoms with van der Waals surface area (Å²) in [6, 6.07) is 4.41. The minimum atomic E-state index is -1.07. The number of hydrogen-bond donors (Lipinski definition) is 3. The molecule has 0 bridgehead atoms.